The maximum absolute atomic E-state index is 12.5. The Labute approximate surface area is 159 Å². The maximum atomic E-state index is 12.5. The standard InChI is InChI=1S/C19H29N3O5/c1-13(2)19(24)22(10-15-6-4-8-26-15)11-17-21-16(12-27-17)18(23)20-9-14-5-3-7-25-14/h12-15H,3-11H2,1-2H3,(H,20,23). The van der Waals surface area contributed by atoms with Gasteiger partial charge >= 0.3 is 0 Å². The molecule has 0 aliphatic carbocycles. The first kappa shape index (κ1) is 19.8. The smallest absolute Gasteiger partial charge is 0.273 e. The number of rotatable bonds is 8. The molecule has 2 aliphatic heterocycles. The summed E-state index contributed by atoms with van der Waals surface area (Å²) in [5.74, 6) is -0.0470. The van der Waals surface area contributed by atoms with Crippen molar-refractivity contribution in [1.82, 2.24) is 15.2 Å². The van der Waals surface area contributed by atoms with E-state index in [-0.39, 0.29) is 42.2 Å². The van der Waals surface area contributed by atoms with Crippen LogP contribution < -0.4 is 5.32 Å². The Morgan fingerprint density at radius 1 is 1.22 bits per heavy atom. The van der Waals surface area contributed by atoms with Crippen molar-refractivity contribution in [2.75, 3.05) is 26.3 Å². The molecule has 1 aromatic rings. The van der Waals surface area contributed by atoms with Crippen LogP contribution in [0.1, 0.15) is 55.9 Å². The lowest BCUT2D eigenvalue weighted by Gasteiger charge is -2.25. The summed E-state index contributed by atoms with van der Waals surface area (Å²) in [6.45, 7) is 6.43. The predicted molar refractivity (Wildman–Crippen MR) is 97.0 cm³/mol. The van der Waals surface area contributed by atoms with Gasteiger partial charge < -0.3 is 24.1 Å². The van der Waals surface area contributed by atoms with Crippen LogP contribution in [-0.4, -0.2) is 60.2 Å². The fourth-order valence-corrected chi connectivity index (χ4v) is 3.39. The number of nitrogens with one attached hydrogen (secondary N) is 1. The third-order valence-electron chi connectivity index (χ3n) is 4.88. The molecule has 2 saturated heterocycles. The third-order valence-corrected chi connectivity index (χ3v) is 4.88. The van der Waals surface area contributed by atoms with Crippen molar-refractivity contribution < 1.29 is 23.5 Å². The Hall–Kier alpha value is -1.93. The summed E-state index contributed by atoms with van der Waals surface area (Å²) in [4.78, 5) is 30.7. The Bertz CT molecular complexity index is 633. The van der Waals surface area contributed by atoms with Crippen LogP contribution in [0.2, 0.25) is 0 Å². The predicted octanol–water partition coefficient (Wildman–Crippen LogP) is 1.75. The van der Waals surface area contributed by atoms with Crippen LogP contribution in [0.25, 0.3) is 0 Å². The van der Waals surface area contributed by atoms with Gasteiger partial charge in [-0.15, -0.1) is 0 Å². The van der Waals surface area contributed by atoms with E-state index in [9.17, 15) is 9.59 Å². The van der Waals surface area contributed by atoms with Crippen molar-refractivity contribution in [2.45, 2.75) is 58.3 Å². The molecule has 1 aromatic heterocycles. The average molecular weight is 379 g/mol. The molecule has 2 atom stereocenters. The van der Waals surface area contributed by atoms with Gasteiger partial charge in [0, 0.05) is 32.2 Å². The summed E-state index contributed by atoms with van der Waals surface area (Å²) < 4.78 is 16.6. The minimum Gasteiger partial charge on any atom is -0.446 e. The molecular weight excluding hydrogens is 350 g/mol. The van der Waals surface area contributed by atoms with Crippen molar-refractivity contribution in [2.24, 2.45) is 5.92 Å². The highest BCUT2D eigenvalue weighted by Crippen LogP contribution is 2.17. The number of nitrogens with zero attached hydrogens (tertiary/aromatic N) is 2. The number of aromatic nitrogens is 1. The monoisotopic (exact) mass is 379 g/mol. The van der Waals surface area contributed by atoms with Gasteiger partial charge in [0.05, 0.1) is 18.8 Å². The van der Waals surface area contributed by atoms with Crippen LogP contribution in [0.15, 0.2) is 10.7 Å². The van der Waals surface area contributed by atoms with E-state index in [0.717, 1.165) is 38.9 Å². The van der Waals surface area contributed by atoms with E-state index in [4.69, 9.17) is 13.9 Å². The van der Waals surface area contributed by atoms with Crippen molar-refractivity contribution >= 4 is 11.8 Å². The summed E-state index contributed by atoms with van der Waals surface area (Å²) in [7, 11) is 0. The van der Waals surface area contributed by atoms with Crippen LogP contribution in [0.5, 0.6) is 0 Å². The van der Waals surface area contributed by atoms with E-state index in [2.05, 4.69) is 10.3 Å². The Balaban J connectivity index is 1.57. The van der Waals surface area contributed by atoms with E-state index in [0.29, 0.717) is 19.0 Å². The quantitative estimate of drug-likeness (QED) is 0.740. The van der Waals surface area contributed by atoms with E-state index >= 15 is 0 Å². The van der Waals surface area contributed by atoms with E-state index in [1.165, 1.54) is 6.26 Å². The molecule has 0 aromatic carbocycles. The van der Waals surface area contributed by atoms with Gasteiger partial charge in [-0.3, -0.25) is 9.59 Å². The number of oxazole rings is 1. The summed E-state index contributed by atoms with van der Waals surface area (Å²) in [6, 6.07) is 0. The second kappa shape index (κ2) is 9.32. The number of hydrogen-bond donors (Lipinski definition) is 1. The normalized spacial score (nSPS) is 22.3. The van der Waals surface area contributed by atoms with Crippen LogP contribution in [0.4, 0.5) is 0 Å². The van der Waals surface area contributed by atoms with Crippen molar-refractivity contribution in [3.8, 4) is 0 Å². The number of amides is 2. The molecule has 0 saturated carbocycles. The number of carbonyl (C=O) groups excluding carboxylic acids is 2. The topological polar surface area (TPSA) is 93.9 Å². The van der Waals surface area contributed by atoms with Gasteiger partial charge in [-0.1, -0.05) is 13.8 Å². The average Bonchev–Trinajstić information content (AvgIpc) is 3.40. The molecule has 1 N–H and O–H groups in total. The zero-order valence-corrected chi connectivity index (χ0v) is 16.1. The summed E-state index contributed by atoms with van der Waals surface area (Å²) in [5, 5.41) is 2.82. The lowest BCUT2D eigenvalue weighted by Crippen LogP contribution is -2.39. The summed E-state index contributed by atoms with van der Waals surface area (Å²) >= 11 is 0. The summed E-state index contributed by atoms with van der Waals surface area (Å²) in [6.07, 6.45) is 5.42. The van der Waals surface area contributed by atoms with Crippen molar-refractivity contribution in [3.63, 3.8) is 0 Å². The number of hydrogen-bond acceptors (Lipinski definition) is 6. The molecular formula is C19H29N3O5. The SMILES string of the molecule is CC(C)C(=O)N(Cc1nc(C(=O)NCC2CCCO2)co1)CC1CCCO1. The summed E-state index contributed by atoms with van der Waals surface area (Å²) in [5.41, 5.74) is 0.219. The second-order valence-corrected chi connectivity index (χ2v) is 7.48. The molecule has 8 heteroatoms. The van der Waals surface area contributed by atoms with Gasteiger partial charge in [0.15, 0.2) is 5.69 Å². The fraction of sp³-hybridized carbons (Fsp3) is 0.737. The number of ether oxygens (including phenoxy) is 2. The first-order valence-electron chi connectivity index (χ1n) is 9.77. The number of carbonyl (C=O) groups is 2. The maximum Gasteiger partial charge on any atom is 0.273 e. The van der Waals surface area contributed by atoms with Crippen LogP contribution in [0.3, 0.4) is 0 Å². The van der Waals surface area contributed by atoms with Gasteiger partial charge in [-0.25, -0.2) is 4.98 Å². The van der Waals surface area contributed by atoms with Gasteiger partial charge in [0.25, 0.3) is 5.91 Å². The molecule has 3 heterocycles. The minimum absolute atomic E-state index is 0.0214. The van der Waals surface area contributed by atoms with Gasteiger partial charge in [-0.2, -0.15) is 0 Å². The van der Waals surface area contributed by atoms with Gasteiger partial charge in [-0.05, 0) is 25.7 Å². The largest absolute Gasteiger partial charge is 0.446 e. The Kier molecular flexibility index (Phi) is 6.84. The molecule has 0 spiro atoms. The highest BCUT2D eigenvalue weighted by Gasteiger charge is 2.26. The zero-order valence-electron chi connectivity index (χ0n) is 16.1. The molecule has 2 aliphatic rings. The molecule has 0 bridgehead atoms. The van der Waals surface area contributed by atoms with Crippen molar-refractivity contribution in [1.29, 1.82) is 0 Å². The molecule has 2 unspecified atom stereocenters. The van der Waals surface area contributed by atoms with Crippen molar-refractivity contribution in [3.05, 3.63) is 17.8 Å². The molecule has 2 fully saturated rings. The van der Waals surface area contributed by atoms with E-state index in [1.807, 2.05) is 13.8 Å². The molecule has 27 heavy (non-hydrogen) atoms. The first-order chi connectivity index (χ1) is 13.0. The van der Waals surface area contributed by atoms with Crippen LogP contribution in [0, 0.1) is 5.92 Å². The highest BCUT2D eigenvalue weighted by molar-refractivity contribution is 5.91. The van der Waals surface area contributed by atoms with Gasteiger partial charge in [0.1, 0.15) is 6.26 Å². The molecule has 0 radical (unpaired) electrons. The molecule has 3 rings (SSSR count). The highest BCUT2D eigenvalue weighted by atomic mass is 16.5. The lowest BCUT2D eigenvalue weighted by molar-refractivity contribution is -0.137. The molecule has 8 nitrogen and oxygen atoms in total. The second-order valence-electron chi connectivity index (χ2n) is 7.48. The zero-order chi connectivity index (χ0) is 19.2. The Morgan fingerprint density at radius 3 is 2.56 bits per heavy atom. The lowest BCUT2D eigenvalue weighted by atomic mass is 10.1. The third kappa shape index (κ3) is 5.52. The van der Waals surface area contributed by atoms with Crippen LogP contribution >= 0.6 is 0 Å². The fourth-order valence-electron chi connectivity index (χ4n) is 3.39. The molecule has 2 amide bonds. The van der Waals surface area contributed by atoms with E-state index in [1.54, 1.807) is 4.90 Å². The minimum atomic E-state index is -0.290. The van der Waals surface area contributed by atoms with Gasteiger partial charge in [0.2, 0.25) is 11.8 Å². The Morgan fingerprint density at radius 2 is 1.93 bits per heavy atom. The first-order valence-corrected chi connectivity index (χ1v) is 9.77. The van der Waals surface area contributed by atoms with E-state index < -0.39 is 0 Å². The molecule has 150 valence electrons. The van der Waals surface area contributed by atoms with Crippen LogP contribution in [-0.2, 0) is 20.8 Å².